The van der Waals surface area contributed by atoms with Gasteiger partial charge in [-0.3, -0.25) is 19.2 Å². The Labute approximate surface area is 250 Å². The molecule has 2 fully saturated rings. The van der Waals surface area contributed by atoms with Crippen LogP contribution in [0.25, 0.3) is 0 Å². The topological polar surface area (TPSA) is 124 Å². The molecule has 42 heavy (non-hydrogen) atoms. The summed E-state index contributed by atoms with van der Waals surface area (Å²) in [4.78, 5) is 51.3. The van der Waals surface area contributed by atoms with Gasteiger partial charge in [-0.15, -0.1) is 0 Å². The highest BCUT2D eigenvalue weighted by atomic mass is 16.7. The normalized spacial score (nSPS) is 31.8. The maximum Gasteiger partial charge on any atom is 0.308 e. The van der Waals surface area contributed by atoms with Crippen LogP contribution in [-0.4, -0.2) is 67.3 Å². The van der Waals surface area contributed by atoms with Crippen LogP contribution in [-0.2, 0) is 47.6 Å². The van der Waals surface area contributed by atoms with E-state index in [9.17, 15) is 19.2 Å². The first-order valence-electron chi connectivity index (χ1n) is 15.2. The van der Waals surface area contributed by atoms with Crippen LogP contribution >= 0.6 is 0 Å². The quantitative estimate of drug-likeness (QED) is 0.190. The molecule has 4 rings (SSSR count). The minimum Gasteiger partial charge on any atom is -0.463 e. The van der Waals surface area contributed by atoms with Crippen molar-refractivity contribution in [2.75, 3.05) is 6.61 Å². The van der Waals surface area contributed by atoms with Gasteiger partial charge >= 0.3 is 23.9 Å². The lowest BCUT2D eigenvalue weighted by Crippen LogP contribution is -2.65. The molecule has 1 aliphatic heterocycles. The Kier molecular flexibility index (Phi) is 10.9. The fourth-order valence-electron chi connectivity index (χ4n) is 5.74. The van der Waals surface area contributed by atoms with Crippen molar-refractivity contribution in [2.24, 2.45) is 40.9 Å². The number of hydrogen-bond donors (Lipinski definition) is 0. The van der Waals surface area contributed by atoms with Crippen LogP contribution in [0.3, 0.4) is 0 Å². The number of carbonyl (C=O) groups is 4. The van der Waals surface area contributed by atoms with Crippen molar-refractivity contribution in [1.82, 2.24) is 0 Å². The summed E-state index contributed by atoms with van der Waals surface area (Å²) in [5.74, 6) is -3.46. The molecule has 1 saturated carbocycles. The second-order valence-electron chi connectivity index (χ2n) is 13.7. The van der Waals surface area contributed by atoms with E-state index < -0.39 is 78.3 Å². The van der Waals surface area contributed by atoms with Crippen LogP contribution in [0.5, 0.6) is 0 Å². The summed E-state index contributed by atoms with van der Waals surface area (Å²) in [6.07, 6.45) is -3.35. The fourth-order valence-corrected chi connectivity index (χ4v) is 5.74. The zero-order chi connectivity index (χ0) is 31.7. The van der Waals surface area contributed by atoms with E-state index >= 15 is 0 Å². The molecule has 0 amide bonds. The van der Waals surface area contributed by atoms with Gasteiger partial charge in [0.1, 0.15) is 12.7 Å². The molecule has 0 unspecified atom stereocenters. The van der Waals surface area contributed by atoms with Crippen LogP contribution in [0.4, 0.5) is 0 Å². The molecule has 1 heterocycles. The smallest absolute Gasteiger partial charge is 0.308 e. The van der Waals surface area contributed by atoms with Crippen molar-refractivity contribution in [3.63, 3.8) is 0 Å². The monoisotopic (exact) mass is 594 g/mol. The Morgan fingerprint density at radius 3 is 1.71 bits per heavy atom. The molecule has 0 radical (unpaired) electrons. The van der Waals surface area contributed by atoms with Gasteiger partial charge in [0.15, 0.2) is 24.6 Å². The Balaban J connectivity index is 2.06. The molecule has 10 heteroatoms. The number of hydrogen-bond acceptors (Lipinski definition) is 10. The predicted octanol–water partition coefficient (Wildman–Crippen LogP) is 4.62. The molecule has 0 aromatic rings. The molecule has 4 aliphatic rings. The maximum absolute atomic E-state index is 13.0. The van der Waals surface area contributed by atoms with E-state index in [0.717, 1.165) is 6.42 Å². The Bertz CT molecular complexity index is 1040. The minimum atomic E-state index is -1.28. The summed E-state index contributed by atoms with van der Waals surface area (Å²) in [5, 5.41) is 0. The number of ether oxygens (including phenoxy) is 6. The molecular weight excluding hydrogens is 544 g/mol. The van der Waals surface area contributed by atoms with Gasteiger partial charge in [-0.1, -0.05) is 80.9 Å². The van der Waals surface area contributed by atoms with E-state index in [2.05, 4.69) is 26.8 Å². The van der Waals surface area contributed by atoms with Crippen molar-refractivity contribution in [3.05, 3.63) is 11.6 Å². The Hall–Kier alpha value is -2.46. The molecule has 0 spiro atoms. The number of allylic oxidation sites excluding steroid dienone is 1. The van der Waals surface area contributed by atoms with Crippen LogP contribution in [0.1, 0.15) is 82.6 Å². The Morgan fingerprint density at radius 1 is 0.786 bits per heavy atom. The summed E-state index contributed by atoms with van der Waals surface area (Å²) < 4.78 is 36.2. The number of rotatable bonds is 11. The zero-order valence-corrected chi connectivity index (χ0v) is 27.0. The van der Waals surface area contributed by atoms with E-state index in [1.807, 2.05) is 0 Å². The fraction of sp³-hybridized carbons (Fsp3) is 0.812. The third kappa shape index (κ3) is 7.36. The second kappa shape index (κ2) is 13.5. The van der Waals surface area contributed by atoms with Crippen LogP contribution in [0.2, 0.25) is 0 Å². The molecular formula is C32H50O10. The van der Waals surface area contributed by atoms with E-state index in [-0.39, 0.29) is 24.0 Å². The first-order chi connectivity index (χ1) is 19.4. The summed E-state index contributed by atoms with van der Waals surface area (Å²) >= 11 is 0. The van der Waals surface area contributed by atoms with Crippen molar-refractivity contribution < 1.29 is 47.6 Å². The number of fused-ring (bicyclic) bond motifs is 1. The first-order valence-corrected chi connectivity index (χ1v) is 15.2. The van der Waals surface area contributed by atoms with Gasteiger partial charge in [0.05, 0.1) is 29.8 Å². The van der Waals surface area contributed by atoms with Gasteiger partial charge in [0, 0.05) is 0 Å². The largest absolute Gasteiger partial charge is 0.463 e. The molecule has 0 N–H and O–H groups in total. The highest BCUT2D eigenvalue weighted by Crippen LogP contribution is 2.60. The van der Waals surface area contributed by atoms with Gasteiger partial charge < -0.3 is 28.4 Å². The molecule has 8 atom stereocenters. The van der Waals surface area contributed by atoms with Gasteiger partial charge in [0.25, 0.3) is 0 Å². The summed E-state index contributed by atoms with van der Waals surface area (Å²) in [5.41, 5.74) is 1.22. The molecule has 10 nitrogen and oxygen atoms in total. The molecule has 1 saturated heterocycles. The van der Waals surface area contributed by atoms with Crippen molar-refractivity contribution in [3.8, 4) is 0 Å². The Morgan fingerprint density at radius 2 is 1.26 bits per heavy atom. The van der Waals surface area contributed by atoms with Gasteiger partial charge in [-0.05, 0) is 30.6 Å². The molecule has 3 aliphatic carbocycles. The van der Waals surface area contributed by atoms with Gasteiger partial charge in [-0.25, -0.2) is 0 Å². The lowest BCUT2D eigenvalue weighted by atomic mass is 9.48. The molecule has 238 valence electrons. The van der Waals surface area contributed by atoms with E-state index in [1.165, 1.54) is 5.57 Å². The van der Waals surface area contributed by atoms with Crippen molar-refractivity contribution in [2.45, 2.75) is 119 Å². The molecule has 2 bridgehead atoms. The van der Waals surface area contributed by atoms with Crippen molar-refractivity contribution >= 4 is 23.9 Å². The zero-order valence-electron chi connectivity index (χ0n) is 27.0. The summed E-state index contributed by atoms with van der Waals surface area (Å²) in [7, 11) is 0. The SMILES string of the molecule is CC1=C[C@H](O[C@@H]2O[C@H](COC(=O)C(C)C)[C@@H](OC(=O)C(C)C)[C@H](OC(=O)C(C)C)[C@H]2OC(=O)C(C)C)[C@H]2C[C@@H]1C2(C)C. The second-order valence-corrected chi connectivity index (χ2v) is 13.7. The predicted molar refractivity (Wildman–Crippen MR) is 153 cm³/mol. The molecule has 0 aromatic carbocycles. The van der Waals surface area contributed by atoms with Gasteiger partial charge in [-0.2, -0.15) is 0 Å². The van der Waals surface area contributed by atoms with Crippen LogP contribution in [0.15, 0.2) is 11.6 Å². The first kappa shape index (κ1) is 34.0. The molecule has 0 aromatic heterocycles. The number of carbonyl (C=O) groups excluding carboxylic acids is 4. The van der Waals surface area contributed by atoms with E-state index in [1.54, 1.807) is 55.4 Å². The van der Waals surface area contributed by atoms with Crippen molar-refractivity contribution in [1.29, 1.82) is 0 Å². The van der Waals surface area contributed by atoms with E-state index in [4.69, 9.17) is 28.4 Å². The average molecular weight is 595 g/mol. The third-order valence-electron chi connectivity index (χ3n) is 8.63. The summed E-state index contributed by atoms with van der Waals surface area (Å²) in [6.45, 7) is 19.7. The highest BCUT2D eigenvalue weighted by molar-refractivity contribution is 5.74. The third-order valence-corrected chi connectivity index (χ3v) is 8.63. The lowest BCUT2D eigenvalue weighted by molar-refractivity contribution is -0.324. The summed E-state index contributed by atoms with van der Waals surface area (Å²) in [6, 6.07) is 0. The maximum atomic E-state index is 13.0. The number of esters is 4. The van der Waals surface area contributed by atoms with Crippen LogP contribution < -0.4 is 0 Å². The highest BCUT2D eigenvalue weighted by Gasteiger charge is 2.58. The average Bonchev–Trinajstić information content (AvgIpc) is 2.89. The van der Waals surface area contributed by atoms with E-state index in [0.29, 0.717) is 5.92 Å². The minimum absolute atomic E-state index is 0.00725. The van der Waals surface area contributed by atoms with Crippen LogP contribution in [0, 0.1) is 40.9 Å². The lowest BCUT2D eigenvalue weighted by Gasteiger charge is -2.59. The van der Waals surface area contributed by atoms with Gasteiger partial charge in [0.2, 0.25) is 0 Å². The standard InChI is InChI=1S/C32H50O10/c1-15(2)27(33)37-14-23-24(40-28(34)16(3)4)25(41-29(35)17(5)6)26(42-30(36)18(7)8)31(39-23)38-22-12-19(9)20-13-21(22)32(20,10)11/h12,15-18,20-26,31H,13-14H2,1-11H3/t20-,21+,22-,23+,24+,25-,26+,31+/m0/s1.